The van der Waals surface area contributed by atoms with Gasteiger partial charge in [0.1, 0.15) is 0 Å². The van der Waals surface area contributed by atoms with Crippen LogP contribution in [0.5, 0.6) is 0 Å². The Kier molecular flexibility index (Phi) is 2.54. The van der Waals surface area contributed by atoms with E-state index >= 15 is 0 Å². The Hall–Kier alpha value is -0.530. The van der Waals surface area contributed by atoms with E-state index in [1.807, 2.05) is 12.1 Å². The molecule has 0 radical (unpaired) electrons. The summed E-state index contributed by atoms with van der Waals surface area (Å²) in [5.74, 6) is 0.538. The Balaban J connectivity index is 2.36. The van der Waals surface area contributed by atoms with Crippen molar-refractivity contribution in [2.45, 2.75) is 19.8 Å². The molecule has 76 valence electrons. The van der Waals surface area contributed by atoms with Gasteiger partial charge in [0, 0.05) is 24.0 Å². The molecule has 0 aliphatic carbocycles. The van der Waals surface area contributed by atoms with Crippen molar-refractivity contribution in [2.75, 3.05) is 13.1 Å². The standard InChI is InChI=1S/C12H16ClN/c1-12(2)8-14-7-10(12)9-5-3-4-6-11(9)13/h3-6,10,14H,7-8H2,1-2H3. The van der Waals surface area contributed by atoms with Gasteiger partial charge in [0.05, 0.1) is 0 Å². The topological polar surface area (TPSA) is 12.0 Å². The van der Waals surface area contributed by atoms with Crippen LogP contribution in [0.3, 0.4) is 0 Å². The summed E-state index contributed by atoms with van der Waals surface area (Å²) >= 11 is 6.20. The first-order valence-electron chi connectivity index (χ1n) is 5.06. The number of hydrogen-bond acceptors (Lipinski definition) is 1. The smallest absolute Gasteiger partial charge is 0.0441 e. The van der Waals surface area contributed by atoms with Crippen LogP contribution in [0, 0.1) is 5.41 Å². The third kappa shape index (κ3) is 1.67. The maximum Gasteiger partial charge on any atom is 0.0441 e. The summed E-state index contributed by atoms with van der Waals surface area (Å²) in [6.07, 6.45) is 0. The van der Waals surface area contributed by atoms with Gasteiger partial charge in [0.2, 0.25) is 0 Å². The lowest BCUT2D eigenvalue weighted by atomic mass is 9.78. The zero-order chi connectivity index (χ0) is 10.2. The highest BCUT2D eigenvalue weighted by Crippen LogP contribution is 2.40. The normalized spacial score (nSPS) is 25.2. The Morgan fingerprint density at radius 1 is 1.36 bits per heavy atom. The molecule has 0 aromatic heterocycles. The molecule has 1 heterocycles. The fourth-order valence-electron chi connectivity index (χ4n) is 2.23. The lowest BCUT2D eigenvalue weighted by Crippen LogP contribution is -2.20. The van der Waals surface area contributed by atoms with E-state index in [2.05, 4.69) is 31.3 Å². The van der Waals surface area contributed by atoms with Crippen LogP contribution in [0.25, 0.3) is 0 Å². The van der Waals surface area contributed by atoms with Crippen molar-refractivity contribution in [1.82, 2.24) is 5.32 Å². The van der Waals surface area contributed by atoms with E-state index in [0.717, 1.165) is 18.1 Å². The van der Waals surface area contributed by atoms with Gasteiger partial charge in [-0.3, -0.25) is 0 Å². The summed E-state index contributed by atoms with van der Waals surface area (Å²) in [5, 5.41) is 4.33. The van der Waals surface area contributed by atoms with Crippen LogP contribution in [0.4, 0.5) is 0 Å². The van der Waals surface area contributed by atoms with Crippen LogP contribution in [0.15, 0.2) is 24.3 Å². The average molecular weight is 210 g/mol. The van der Waals surface area contributed by atoms with Gasteiger partial charge < -0.3 is 5.32 Å². The molecule has 1 aliphatic rings. The van der Waals surface area contributed by atoms with Gasteiger partial charge in [-0.05, 0) is 17.0 Å². The van der Waals surface area contributed by atoms with E-state index < -0.39 is 0 Å². The molecule has 0 spiro atoms. The zero-order valence-corrected chi connectivity index (χ0v) is 9.43. The highest BCUT2D eigenvalue weighted by molar-refractivity contribution is 6.31. The number of rotatable bonds is 1. The van der Waals surface area contributed by atoms with E-state index in [1.54, 1.807) is 0 Å². The van der Waals surface area contributed by atoms with E-state index in [9.17, 15) is 0 Å². The van der Waals surface area contributed by atoms with Crippen molar-refractivity contribution < 1.29 is 0 Å². The molecule has 1 fully saturated rings. The van der Waals surface area contributed by atoms with Crippen molar-refractivity contribution in [3.63, 3.8) is 0 Å². The summed E-state index contributed by atoms with van der Waals surface area (Å²) in [4.78, 5) is 0. The van der Waals surface area contributed by atoms with E-state index in [1.165, 1.54) is 5.56 Å². The molecular formula is C12H16ClN. The average Bonchev–Trinajstić information content (AvgIpc) is 2.46. The molecule has 1 saturated heterocycles. The van der Waals surface area contributed by atoms with Crippen molar-refractivity contribution in [2.24, 2.45) is 5.41 Å². The minimum absolute atomic E-state index is 0.311. The molecular weight excluding hydrogens is 194 g/mol. The lowest BCUT2D eigenvalue weighted by molar-refractivity contribution is 0.363. The van der Waals surface area contributed by atoms with Crippen LogP contribution in [0.2, 0.25) is 5.02 Å². The molecule has 1 atom stereocenters. The maximum atomic E-state index is 6.20. The summed E-state index contributed by atoms with van der Waals surface area (Å²) in [5.41, 5.74) is 1.59. The fraction of sp³-hybridized carbons (Fsp3) is 0.500. The van der Waals surface area contributed by atoms with Crippen molar-refractivity contribution in [3.05, 3.63) is 34.9 Å². The Morgan fingerprint density at radius 2 is 2.07 bits per heavy atom. The second-order valence-electron chi connectivity index (χ2n) is 4.69. The summed E-state index contributed by atoms with van der Waals surface area (Å²) in [7, 11) is 0. The molecule has 2 heteroatoms. The maximum absolute atomic E-state index is 6.20. The molecule has 1 aliphatic heterocycles. The second kappa shape index (κ2) is 3.56. The first kappa shape index (κ1) is 10.0. The van der Waals surface area contributed by atoms with Gasteiger partial charge in [0.15, 0.2) is 0 Å². The highest BCUT2D eigenvalue weighted by atomic mass is 35.5. The number of benzene rings is 1. The van der Waals surface area contributed by atoms with Gasteiger partial charge >= 0.3 is 0 Å². The van der Waals surface area contributed by atoms with Crippen LogP contribution in [-0.2, 0) is 0 Å². The van der Waals surface area contributed by atoms with Gasteiger partial charge in [-0.2, -0.15) is 0 Å². The molecule has 14 heavy (non-hydrogen) atoms. The quantitative estimate of drug-likeness (QED) is 0.750. The fourth-order valence-corrected chi connectivity index (χ4v) is 2.49. The Labute approximate surface area is 90.5 Å². The number of halogens is 1. The predicted octanol–water partition coefficient (Wildman–Crippen LogP) is 3.05. The highest BCUT2D eigenvalue weighted by Gasteiger charge is 2.36. The first-order chi connectivity index (χ1) is 6.61. The monoisotopic (exact) mass is 209 g/mol. The van der Waals surface area contributed by atoms with Crippen LogP contribution < -0.4 is 5.32 Å². The molecule has 1 unspecified atom stereocenters. The van der Waals surface area contributed by atoms with Crippen molar-refractivity contribution in [3.8, 4) is 0 Å². The largest absolute Gasteiger partial charge is 0.316 e. The molecule has 0 saturated carbocycles. The first-order valence-corrected chi connectivity index (χ1v) is 5.44. The molecule has 2 rings (SSSR count). The molecule has 1 aromatic rings. The lowest BCUT2D eigenvalue weighted by Gasteiger charge is -2.26. The van der Waals surface area contributed by atoms with Crippen LogP contribution >= 0.6 is 11.6 Å². The molecule has 1 N–H and O–H groups in total. The zero-order valence-electron chi connectivity index (χ0n) is 8.68. The third-order valence-electron chi connectivity index (χ3n) is 3.15. The number of hydrogen-bond donors (Lipinski definition) is 1. The summed E-state index contributed by atoms with van der Waals surface area (Å²) in [6, 6.07) is 8.17. The van der Waals surface area contributed by atoms with Crippen molar-refractivity contribution in [1.29, 1.82) is 0 Å². The predicted molar refractivity (Wildman–Crippen MR) is 60.8 cm³/mol. The van der Waals surface area contributed by atoms with Crippen LogP contribution in [0.1, 0.15) is 25.3 Å². The van der Waals surface area contributed by atoms with Crippen molar-refractivity contribution >= 4 is 11.6 Å². The molecule has 0 amide bonds. The minimum Gasteiger partial charge on any atom is -0.316 e. The number of nitrogens with one attached hydrogen (secondary N) is 1. The third-order valence-corrected chi connectivity index (χ3v) is 3.50. The van der Waals surface area contributed by atoms with E-state index in [0.29, 0.717) is 11.3 Å². The summed E-state index contributed by atoms with van der Waals surface area (Å²) in [6.45, 7) is 6.70. The van der Waals surface area contributed by atoms with Gasteiger partial charge in [-0.25, -0.2) is 0 Å². The molecule has 1 nitrogen and oxygen atoms in total. The Morgan fingerprint density at radius 3 is 2.64 bits per heavy atom. The SMILES string of the molecule is CC1(C)CNCC1c1ccccc1Cl. The van der Waals surface area contributed by atoms with Gasteiger partial charge in [-0.15, -0.1) is 0 Å². The van der Waals surface area contributed by atoms with Gasteiger partial charge in [-0.1, -0.05) is 43.6 Å². The van der Waals surface area contributed by atoms with Crippen LogP contribution in [-0.4, -0.2) is 13.1 Å². The molecule has 1 aromatic carbocycles. The minimum atomic E-state index is 0.311. The van der Waals surface area contributed by atoms with Gasteiger partial charge in [0.25, 0.3) is 0 Å². The molecule has 0 bridgehead atoms. The van der Waals surface area contributed by atoms with E-state index in [-0.39, 0.29) is 0 Å². The second-order valence-corrected chi connectivity index (χ2v) is 5.10. The Bertz CT molecular complexity index is 333. The van der Waals surface area contributed by atoms with E-state index in [4.69, 9.17) is 11.6 Å². The summed E-state index contributed by atoms with van der Waals surface area (Å²) < 4.78 is 0.